The van der Waals surface area contributed by atoms with Crippen LogP contribution in [0.1, 0.15) is 18.3 Å². The topological polar surface area (TPSA) is 79.8 Å². The van der Waals surface area contributed by atoms with Gasteiger partial charge in [0.1, 0.15) is 5.52 Å². The summed E-state index contributed by atoms with van der Waals surface area (Å²) in [4.78, 5) is 26.6. The van der Waals surface area contributed by atoms with E-state index in [-0.39, 0.29) is 11.5 Å². The van der Waals surface area contributed by atoms with Gasteiger partial charge in [0.2, 0.25) is 5.91 Å². The number of aryl methyl sites for hydroxylation is 2. The second-order valence-electron chi connectivity index (χ2n) is 5.19. The molecule has 112 valence electrons. The smallest absolute Gasteiger partial charge is 0.259 e. The molecule has 0 saturated heterocycles. The van der Waals surface area contributed by atoms with Crippen molar-refractivity contribution in [3.8, 4) is 5.69 Å². The third-order valence-electron chi connectivity index (χ3n) is 3.50. The first-order valence-corrected chi connectivity index (χ1v) is 6.94. The fourth-order valence-electron chi connectivity index (χ4n) is 2.59. The number of carbonyl (C=O) groups is 1. The van der Waals surface area contributed by atoms with Gasteiger partial charge in [0.15, 0.2) is 0 Å². The van der Waals surface area contributed by atoms with Crippen LogP contribution in [-0.2, 0) is 4.79 Å². The summed E-state index contributed by atoms with van der Waals surface area (Å²) >= 11 is 0. The minimum absolute atomic E-state index is 0.199. The van der Waals surface area contributed by atoms with Crippen molar-refractivity contribution < 1.29 is 4.79 Å². The summed E-state index contributed by atoms with van der Waals surface area (Å²) in [6.45, 7) is 4.97. The normalized spacial score (nSPS) is 10.9. The molecule has 3 rings (SSSR count). The minimum Gasteiger partial charge on any atom is -0.324 e. The molecular formula is C16H16N4O2. The number of fused-ring (bicyclic) bond motifs is 1. The number of rotatable bonds is 2. The van der Waals surface area contributed by atoms with Crippen molar-refractivity contribution in [2.75, 3.05) is 5.32 Å². The van der Waals surface area contributed by atoms with E-state index >= 15 is 0 Å². The molecule has 0 unspecified atom stereocenters. The molecule has 22 heavy (non-hydrogen) atoms. The van der Waals surface area contributed by atoms with Gasteiger partial charge >= 0.3 is 0 Å². The first-order chi connectivity index (χ1) is 10.5. The number of pyridine rings is 1. The molecule has 3 aromatic rings. The lowest BCUT2D eigenvalue weighted by Gasteiger charge is -2.11. The second kappa shape index (κ2) is 5.14. The highest BCUT2D eigenvalue weighted by atomic mass is 16.1. The average Bonchev–Trinajstić information content (AvgIpc) is 2.82. The SMILES string of the molecule is CC(=O)Nc1c(C)[nH]c(=O)c2c(C)nn(-c3ccccc3)c12. The summed E-state index contributed by atoms with van der Waals surface area (Å²) in [6, 6.07) is 9.52. The molecule has 0 radical (unpaired) electrons. The lowest BCUT2D eigenvalue weighted by Crippen LogP contribution is -2.15. The van der Waals surface area contributed by atoms with E-state index in [4.69, 9.17) is 0 Å². The molecule has 0 atom stereocenters. The highest BCUT2D eigenvalue weighted by Crippen LogP contribution is 2.27. The zero-order valence-electron chi connectivity index (χ0n) is 12.6. The number of H-pyrrole nitrogens is 1. The molecular weight excluding hydrogens is 280 g/mol. The van der Waals surface area contributed by atoms with Crippen LogP contribution >= 0.6 is 0 Å². The highest BCUT2D eigenvalue weighted by molar-refractivity contribution is 6.01. The minimum atomic E-state index is -0.207. The quantitative estimate of drug-likeness (QED) is 0.761. The van der Waals surface area contributed by atoms with Gasteiger partial charge in [0.25, 0.3) is 5.56 Å². The van der Waals surface area contributed by atoms with E-state index in [9.17, 15) is 9.59 Å². The lowest BCUT2D eigenvalue weighted by atomic mass is 10.2. The molecule has 2 aromatic heterocycles. The fraction of sp³-hybridized carbons (Fsp3) is 0.188. The Balaban J connectivity index is 2.44. The number of amides is 1. The second-order valence-corrected chi connectivity index (χ2v) is 5.19. The van der Waals surface area contributed by atoms with Crippen molar-refractivity contribution in [2.45, 2.75) is 20.8 Å². The molecule has 0 fully saturated rings. The number of nitrogens with one attached hydrogen (secondary N) is 2. The van der Waals surface area contributed by atoms with E-state index in [0.29, 0.717) is 28.0 Å². The maximum Gasteiger partial charge on any atom is 0.259 e. The van der Waals surface area contributed by atoms with Gasteiger partial charge in [0, 0.05) is 12.6 Å². The third kappa shape index (κ3) is 2.18. The molecule has 0 aliphatic carbocycles. The molecule has 2 heterocycles. The van der Waals surface area contributed by atoms with Gasteiger partial charge in [-0.25, -0.2) is 4.68 Å². The molecule has 6 heteroatoms. The predicted molar refractivity (Wildman–Crippen MR) is 85.5 cm³/mol. The zero-order valence-corrected chi connectivity index (χ0v) is 12.6. The summed E-state index contributed by atoms with van der Waals surface area (Å²) in [5, 5.41) is 7.76. The van der Waals surface area contributed by atoms with Crippen molar-refractivity contribution >= 4 is 22.5 Å². The Morgan fingerprint density at radius 2 is 1.91 bits per heavy atom. The number of aromatic nitrogens is 3. The van der Waals surface area contributed by atoms with Crippen LogP contribution in [0.25, 0.3) is 16.6 Å². The van der Waals surface area contributed by atoms with Crippen molar-refractivity contribution in [3.63, 3.8) is 0 Å². The van der Waals surface area contributed by atoms with Crippen molar-refractivity contribution in [2.24, 2.45) is 0 Å². The largest absolute Gasteiger partial charge is 0.324 e. The molecule has 1 aromatic carbocycles. The zero-order chi connectivity index (χ0) is 15.9. The summed E-state index contributed by atoms with van der Waals surface area (Å²) in [6.07, 6.45) is 0. The summed E-state index contributed by atoms with van der Waals surface area (Å²) in [5.74, 6) is -0.199. The van der Waals surface area contributed by atoms with Crippen LogP contribution in [0.4, 0.5) is 5.69 Å². The van der Waals surface area contributed by atoms with Crippen LogP contribution in [0.2, 0.25) is 0 Å². The molecule has 2 N–H and O–H groups in total. The molecule has 0 saturated carbocycles. The van der Waals surface area contributed by atoms with E-state index in [1.54, 1.807) is 18.5 Å². The lowest BCUT2D eigenvalue weighted by molar-refractivity contribution is -0.114. The van der Waals surface area contributed by atoms with E-state index < -0.39 is 0 Å². The van der Waals surface area contributed by atoms with E-state index in [1.165, 1.54) is 6.92 Å². The van der Waals surface area contributed by atoms with Crippen molar-refractivity contribution in [3.05, 3.63) is 52.1 Å². The average molecular weight is 296 g/mol. The van der Waals surface area contributed by atoms with Gasteiger partial charge in [-0.05, 0) is 26.0 Å². The highest BCUT2D eigenvalue weighted by Gasteiger charge is 2.19. The number of para-hydroxylation sites is 1. The van der Waals surface area contributed by atoms with E-state index in [1.807, 2.05) is 30.3 Å². The Hall–Kier alpha value is -2.89. The number of hydrogen-bond donors (Lipinski definition) is 2. The molecule has 0 spiro atoms. The molecule has 1 amide bonds. The van der Waals surface area contributed by atoms with Crippen LogP contribution < -0.4 is 10.9 Å². The first kappa shape index (κ1) is 14.1. The molecule has 0 aliphatic heterocycles. The van der Waals surface area contributed by atoms with Crippen molar-refractivity contribution in [1.82, 2.24) is 14.8 Å². The maximum absolute atomic E-state index is 12.3. The van der Waals surface area contributed by atoms with Gasteiger partial charge in [-0.3, -0.25) is 9.59 Å². The number of aromatic amines is 1. The Labute approximate surface area is 126 Å². The van der Waals surface area contributed by atoms with E-state index in [0.717, 1.165) is 5.69 Å². The molecule has 0 aliphatic rings. The Kier molecular flexibility index (Phi) is 3.29. The first-order valence-electron chi connectivity index (χ1n) is 6.94. The number of anilines is 1. The predicted octanol–water partition coefficient (Wildman–Crippen LogP) is 2.29. The van der Waals surface area contributed by atoms with Crippen LogP contribution in [0.5, 0.6) is 0 Å². The van der Waals surface area contributed by atoms with E-state index in [2.05, 4.69) is 15.4 Å². The van der Waals surface area contributed by atoms with Gasteiger partial charge < -0.3 is 10.3 Å². The number of hydrogen-bond acceptors (Lipinski definition) is 3. The van der Waals surface area contributed by atoms with Gasteiger partial charge in [-0.15, -0.1) is 0 Å². The maximum atomic E-state index is 12.3. The Morgan fingerprint density at radius 3 is 2.55 bits per heavy atom. The Bertz CT molecular complexity index is 923. The van der Waals surface area contributed by atoms with Crippen LogP contribution in [0.3, 0.4) is 0 Å². The summed E-state index contributed by atoms with van der Waals surface area (Å²) < 4.78 is 1.69. The number of benzene rings is 1. The van der Waals surface area contributed by atoms with Gasteiger partial charge in [-0.2, -0.15) is 5.10 Å². The van der Waals surface area contributed by atoms with Crippen molar-refractivity contribution in [1.29, 1.82) is 0 Å². The van der Waals surface area contributed by atoms with Crippen LogP contribution in [0.15, 0.2) is 35.1 Å². The third-order valence-corrected chi connectivity index (χ3v) is 3.50. The van der Waals surface area contributed by atoms with Gasteiger partial charge in [0.05, 0.1) is 22.5 Å². The molecule has 6 nitrogen and oxygen atoms in total. The summed E-state index contributed by atoms with van der Waals surface area (Å²) in [7, 11) is 0. The fourth-order valence-corrected chi connectivity index (χ4v) is 2.59. The van der Waals surface area contributed by atoms with Crippen LogP contribution in [0, 0.1) is 13.8 Å². The van der Waals surface area contributed by atoms with Gasteiger partial charge in [-0.1, -0.05) is 18.2 Å². The number of nitrogens with zero attached hydrogens (tertiary/aromatic N) is 2. The number of carbonyl (C=O) groups excluding carboxylic acids is 1. The molecule has 0 bridgehead atoms. The summed E-state index contributed by atoms with van der Waals surface area (Å²) in [5.41, 5.74) is 3.03. The standard InChI is InChI=1S/C16H16N4O2/c1-9-13-15(20(19-9)12-7-5-4-6-8-12)14(18-11(3)21)10(2)17-16(13)22/h4-8H,1-3H3,(H,17,22)(H,18,21). The Morgan fingerprint density at radius 1 is 1.23 bits per heavy atom. The van der Waals surface area contributed by atoms with Crippen LogP contribution in [-0.4, -0.2) is 20.7 Å². The monoisotopic (exact) mass is 296 g/mol.